The van der Waals surface area contributed by atoms with Gasteiger partial charge in [-0.1, -0.05) is 56.3 Å². The Bertz CT molecular complexity index is 1050. The summed E-state index contributed by atoms with van der Waals surface area (Å²) in [7, 11) is 0. The minimum Gasteiger partial charge on any atom is -0.299 e. The molecule has 2 aromatic rings. The van der Waals surface area contributed by atoms with Gasteiger partial charge in [-0.15, -0.1) is 0 Å². The summed E-state index contributed by atoms with van der Waals surface area (Å²) in [6.07, 6.45) is 8.43. The second-order valence-corrected chi connectivity index (χ2v) is 8.31. The smallest absolute Gasteiger partial charge is 0.137 e. The number of hydrogen-bond acceptors (Lipinski definition) is 2. The minimum absolute atomic E-state index is 0.344. The van der Waals surface area contributed by atoms with Crippen LogP contribution in [0.25, 0.3) is 11.1 Å². The van der Waals surface area contributed by atoms with Crippen LogP contribution in [0.15, 0.2) is 48.6 Å². The topological polar surface area (TPSA) is 40.9 Å². The number of fused-ring (bicyclic) bond motifs is 1. The maximum Gasteiger partial charge on any atom is 0.137 e. The standard InChI is InChI=1S/C26H25NO/c1-17(2)11-18-3-4-22(14-25(18)16-27)21-6-5-19(12-21)20-7-8-24-15-26(28)10-9-23(24)13-20/h3-5,7-8,12-14,17H,6,9-11,15H2,1-2H3. The average Bonchev–Trinajstić information content (AvgIpc) is 3.17. The number of ketones is 1. The van der Waals surface area contributed by atoms with Gasteiger partial charge in [-0.05, 0) is 70.2 Å². The van der Waals surface area contributed by atoms with E-state index in [9.17, 15) is 10.1 Å². The van der Waals surface area contributed by atoms with Crippen molar-refractivity contribution in [2.45, 2.75) is 46.0 Å². The lowest BCUT2D eigenvalue weighted by Gasteiger charge is -2.16. The molecule has 2 aliphatic rings. The van der Waals surface area contributed by atoms with E-state index in [1.54, 1.807) is 0 Å². The SMILES string of the molecule is CC(C)Cc1ccc(C2=CC(c3ccc4c(c3)CCC(=O)C4)=CC2)cc1C#N. The largest absolute Gasteiger partial charge is 0.299 e. The van der Waals surface area contributed by atoms with Gasteiger partial charge in [-0.2, -0.15) is 5.26 Å². The molecule has 2 aliphatic carbocycles. The van der Waals surface area contributed by atoms with Crippen molar-refractivity contribution >= 4 is 16.9 Å². The monoisotopic (exact) mass is 367 g/mol. The zero-order valence-electron chi connectivity index (χ0n) is 16.6. The van der Waals surface area contributed by atoms with Crippen LogP contribution in [0.1, 0.15) is 60.1 Å². The number of nitrogens with zero attached hydrogens (tertiary/aromatic N) is 1. The van der Waals surface area contributed by atoms with Gasteiger partial charge in [0.15, 0.2) is 0 Å². The molecule has 0 fully saturated rings. The van der Waals surface area contributed by atoms with E-state index in [2.05, 4.69) is 62.4 Å². The summed E-state index contributed by atoms with van der Waals surface area (Å²) < 4.78 is 0. The summed E-state index contributed by atoms with van der Waals surface area (Å²) >= 11 is 0. The van der Waals surface area contributed by atoms with E-state index in [-0.39, 0.29) is 0 Å². The Kier molecular flexibility index (Phi) is 5.01. The van der Waals surface area contributed by atoms with Crippen LogP contribution >= 0.6 is 0 Å². The van der Waals surface area contributed by atoms with Crippen molar-refractivity contribution < 1.29 is 4.79 Å². The minimum atomic E-state index is 0.344. The van der Waals surface area contributed by atoms with Gasteiger partial charge in [0.05, 0.1) is 11.6 Å². The summed E-state index contributed by atoms with van der Waals surface area (Å²) in [4.78, 5) is 11.7. The predicted molar refractivity (Wildman–Crippen MR) is 114 cm³/mol. The molecule has 0 aromatic heterocycles. The van der Waals surface area contributed by atoms with Gasteiger partial charge >= 0.3 is 0 Å². The van der Waals surface area contributed by atoms with E-state index in [1.165, 1.54) is 27.8 Å². The van der Waals surface area contributed by atoms with Crippen LogP contribution < -0.4 is 0 Å². The van der Waals surface area contributed by atoms with Gasteiger partial charge in [0.2, 0.25) is 0 Å². The van der Waals surface area contributed by atoms with Crippen molar-refractivity contribution in [3.63, 3.8) is 0 Å². The van der Waals surface area contributed by atoms with E-state index in [0.717, 1.165) is 36.0 Å². The molecule has 0 spiro atoms. The third-order valence-corrected chi connectivity index (χ3v) is 5.70. The maximum absolute atomic E-state index is 11.7. The van der Waals surface area contributed by atoms with Crippen molar-refractivity contribution in [1.29, 1.82) is 5.26 Å². The molecular weight excluding hydrogens is 342 g/mol. The number of hydrogen-bond donors (Lipinski definition) is 0. The molecule has 4 rings (SSSR count). The quantitative estimate of drug-likeness (QED) is 0.697. The molecule has 0 radical (unpaired) electrons. The number of nitriles is 1. The number of aryl methyl sites for hydroxylation is 1. The molecule has 0 aliphatic heterocycles. The van der Waals surface area contributed by atoms with Crippen molar-refractivity contribution in [2.24, 2.45) is 5.92 Å². The Morgan fingerprint density at radius 3 is 2.64 bits per heavy atom. The highest BCUT2D eigenvalue weighted by atomic mass is 16.1. The van der Waals surface area contributed by atoms with Crippen molar-refractivity contribution in [3.8, 4) is 6.07 Å². The van der Waals surface area contributed by atoms with Crippen LogP contribution in [-0.4, -0.2) is 5.78 Å². The van der Waals surface area contributed by atoms with Gasteiger partial charge in [0, 0.05) is 12.8 Å². The molecule has 0 amide bonds. The summed E-state index contributed by atoms with van der Waals surface area (Å²) in [5.41, 5.74) is 9.27. The van der Waals surface area contributed by atoms with E-state index in [0.29, 0.717) is 24.5 Å². The first kappa shape index (κ1) is 18.4. The fraction of sp³-hybridized carbons (Fsp3) is 0.308. The molecule has 2 heteroatoms. The van der Waals surface area contributed by atoms with Crippen LogP contribution in [0, 0.1) is 17.2 Å². The van der Waals surface area contributed by atoms with Gasteiger partial charge in [-0.25, -0.2) is 0 Å². The fourth-order valence-corrected chi connectivity index (χ4v) is 4.21. The molecule has 0 unspecified atom stereocenters. The number of rotatable bonds is 4. The highest BCUT2D eigenvalue weighted by Crippen LogP contribution is 2.34. The molecule has 0 heterocycles. The summed E-state index contributed by atoms with van der Waals surface area (Å²) in [6, 6.07) is 15.2. The van der Waals surface area contributed by atoms with Crippen LogP contribution in [0.4, 0.5) is 0 Å². The lowest BCUT2D eigenvalue weighted by molar-refractivity contribution is -0.118. The van der Waals surface area contributed by atoms with Gasteiger partial charge < -0.3 is 0 Å². The lowest BCUT2D eigenvalue weighted by atomic mass is 9.88. The van der Waals surface area contributed by atoms with Crippen molar-refractivity contribution in [1.82, 2.24) is 0 Å². The van der Waals surface area contributed by atoms with E-state index in [1.807, 2.05) is 6.07 Å². The van der Waals surface area contributed by atoms with Gasteiger partial charge in [0.1, 0.15) is 5.78 Å². The second-order valence-electron chi connectivity index (χ2n) is 8.31. The molecule has 140 valence electrons. The normalized spacial score (nSPS) is 15.9. The van der Waals surface area contributed by atoms with Crippen LogP contribution in [0.5, 0.6) is 0 Å². The Morgan fingerprint density at radius 1 is 1.04 bits per heavy atom. The summed E-state index contributed by atoms with van der Waals surface area (Å²) in [5.74, 6) is 0.882. The second kappa shape index (κ2) is 7.60. The number of Topliss-reactive ketones (excluding diaryl/α,β-unsaturated/α-hetero) is 1. The van der Waals surface area contributed by atoms with Gasteiger partial charge in [0.25, 0.3) is 0 Å². The first-order chi connectivity index (χ1) is 13.5. The van der Waals surface area contributed by atoms with E-state index >= 15 is 0 Å². The molecular formula is C26H25NO. The van der Waals surface area contributed by atoms with E-state index < -0.39 is 0 Å². The molecule has 28 heavy (non-hydrogen) atoms. The summed E-state index contributed by atoms with van der Waals surface area (Å²) in [5, 5.41) is 9.55. The molecule has 2 aromatic carbocycles. The first-order valence-electron chi connectivity index (χ1n) is 10.1. The zero-order valence-corrected chi connectivity index (χ0v) is 16.6. The number of carbonyl (C=O) groups excluding carboxylic acids is 1. The Labute approximate surface area is 167 Å². The van der Waals surface area contributed by atoms with E-state index in [4.69, 9.17) is 0 Å². The van der Waals surface area contributed by atoms with Crippen LogP contribution in [-0.2, 0) is 24.1 Å². The highest BCUT2D eigenvalue weighted by Gasteiger charge is 2.18. The Morgan fingerprint density at radius 2 is 1.86 bits per heavy atom. The number of benzene rings is 2. The Balaban J connectivity index is 1.59. The third-order valence-electron chi connectivity index (χ3n) is 5.70. The van der Waals surface area contributed by atoms with Gasteiger partial charge in [-0.3, -0.25) is 4.79 Å². The third kappa shape index (κ3) is 3.71. The Hall–Kier alpha value is -2.92. The summed E-state index contributed by atoms with van der Waals surface area (Å²) in [6.45, 7) is 4.36. The molecule has 0 saturated carbocycles. The number of carbonyl (C=O) groups is 1. The molecule has 0 bridgehead atoms. The first-order valence-corrected chi connectivity index (χ1v) is 10.1. The van der Waals surface area contributed by atoms with Crippen LogP contribution in [0.2, 0.25) is 0 Å². The van der Waals surface area contributed by atoms with Crippen LogP contribution in [0.3, 0.4) is 0 Å². The fourth-order valence-electron chi connectivity index (χ4n) is 4.21. The highest BCUT2D eigenvalue weighted by molar-refractivity contribution is 5.90. The molecule has 0 saturated heterocycles. The average molecular weight is 367 g/mol. The maximum atomic E-state index is 11.7. The molecule has 2 nitrogen and oxygen atoms in total. The zero-order chi connectivity index (χ0) is 19.7. The molecule has 0 N–H and O–H groups in total. The molecule has 0 atom stereocenters. The number of allylic oxidation sites excluding steroid dienone is 4. The predicted octanol–water partition coefficient (Wildman–Crippen LogP) is 5.69. The lowest BCUT2D eigenvalue weighted by Crippen LogP contribution is -2.13. The van der Waals surface area contributed by atoms with Crippen molar-refractivity contribution in [2.75, 3.05) is 0 Å². The van der Waals surface area contributed by atoms with Crippen molar-refractivity contribution in [3.05, 3.63) is 81.9 Å².